The van der Waals surface area contributed by atoms with Crippen LogP contribution >= 0.6 is 0 Å². The molecule has 6 nitrogen and oxygen atoms in total. The van der Waals surface area contributed by atoms with Crippen LogP contribution in [0, 0.1) is 0 Å². The first-order valence-corrected chi connectivity index (χ1v) is 32.5. The lowest BCUT2D eigenvalue weighted by Gasteiger charge is -2.18. The Labute approximate surface area is 492 Å². The molecular formula is C74H118O6. The first kappa shape index (κ1) is 75.0. The highest BCUT2D eigenvalue weighted by Crippen LogP contribution is 2.15. The maximum absolute atomic E-state index is 12.9. The van der Waals surface area contributed by atoms with Gasteiger partial charge in [-0.05, 0) is 148 Å². The summed E-state index contributed by atoms with van der Waals surface area (Å²) in [6.07, 6.45) is 96.8. The van der Waals surface area contributed by atoms with Gasteiger partial charge in [0.15, 0.2) is 6.10 Å². The first-order valence-electron chi connectivity index (χ1n) is 32.5. The summed E-state index contributed by atoms with van der Waals surface area (Å²) in [5.74, 6) is -0.964. The van der Waals surface area contributed by atoms with Crippen molar-refractivity contribution in [1.82, 2.24) is 0 Å². The van der Waals surface area contributed by atoms with E-state index in [0.717, 1.165) is 141 Å². The molecule has 0 heterocycles. The predicted molar refractivity (Wildman–Crippen MR) is 348 cm³/mol. The number of rotatable bonds is 57. The van der Waals surface area contributed by atoms with Crippen molar-refractivity contribution in [1.29, 1.82) is 0 Å². The third-order valence-electron chi connectivity index (χ3n) is 13.2. The summed E-state index contributed by atoms with van der Waals surface area (Å²) in [5, 5.41) is 0. The lowest BCUT2D eigenvalue weighted by molar-refractivity contribution is -0.167. The molecule has 0 N–H and O–H groups in total. The number of esters is 3. The number of hydrogen-bond donors (Lipinski definition) is 0. The Kier molecular flexibility index (Phi) is 62.4. The van der Waals surface area contributed by atoms with E-state index in [1.54, 1.807) is 0 Å². The van der Waals surface area contributed by atoms with Crippen molar-refractivity contribution in [2.45, 2.75) is 277 Å². The topological polar surface area (TPSA) is 78.9 Å². The number of unbranched alkanes of at least 4 members (excludes halogenated alkanes) is 20. The van der Waals surface area contributed by atoms with Crippen LogP contribution in [0.5, 0.6) is 0 Å². The van der Waals surface area contributed by atoms with E-state index in [4.69, 9.17) is 14.2 Å². The number of allylic oxidation sites excluding steroid dienone is 26. The van der Waals surface area contributed by atoms with E-state index in [9.17, 15) is 14.4 Å². The van der Waals surface area contributed by atoms with Gasteiger partial charge in [0.05, 0.1) is 0 Å². The number of carbonyl (C=O) groups is 3. The summed E-state index contributed by atoms with van der Waals surface area (Å²) >= 11 is 0. The molecule has 1 atom stereocenters. The molecule has 0 bridgehead atoms. The quantitative estimate of drug-likeness (QED) is 0.0261. The van der Waals surface area contributed by atoms with Gasteiger partial charge in [0.25, 0.3) is 0 Å². The Morgan fingerprint density at radius 2 is 0.487 bits per heavy atom. The fourth-order valence-corrected chi connectivity index (χ4v) is 8.44. The minimum Gasteiger partial charge on any atom is -0.462 e. The lowest BCUT2D eigenvalue weighted by atomic mass is 10.0. The fourth-order valence-electron chi connectivity index (χ4n) is 8.44. The fraction of sp³-hybridized carbons (Fsp3) is 0.608. The van der Waals surface area contributed by atoms with Crippen LogP contribution in [-0.4, -0.2) is 37.2 Å². The van der Waals surface area contributed by atoms with Crippen molar-refractivity contribution in [3.63, 3.8) is 0 Å². The molecule has 0 radical (unpaired) electrons. The van der Waals surface area contributed by atoms with Crippen LogP contribution in [0.15, 0.2) is 158 Å². The second kappa shape index (κ2) is 66.5. The molecule has 80 heavy (non-hydrogen) atoms. The number of hydrogen-bond acceptors (Lipinski definition) is 6. The molecule has 0 aromatic rings. The van der Waals surface area contributed by atoms with Crippen molar-refractivity contribution < 1.29 is 28.6 Å². The second-order valence-electron chi connectivity index (χ2n) is 20.9. The Hall–Kier alpha value is -4.97. The van der Waals surface area contributed by atoms with Gasteiger partial charge in [-0.1, -0.05) is 262 Å². The van der Waals surface area contributed by atoms with Crippen LogP contribution in [0.1, 0.15) is 271 Å². The molecule has 0 rings (SSSR count). The van der Waals surface area contributed by atoms with E-state index in [1.165, 1.54) is 83.5 Å². The molecule has 0 fully saturated rings. The molecule has 0 saturated carbocycles. The molecule has 0 aromatic heterocycles. The molecule has 1 unspecified atom stereocenters. The normalized spacial score (nSPS) is 13.2. The zero-order chi connectivity index (χ0) is 57.8. The Bertz CT molecular complexity index is 1790. The highest BCUT2D eigenvalue weighted by molar-refractivity contribution is 5.71. The molecule has 0 aliphatic heterocycles. The summed E-state index contributed by atoms with van der Waals surface area (Å²) in [6, 6.07) is 0. The van der Waals surface area contributed by atoms with Crippen molar-refractivity contribution in [2.24, 2.45) is 0 Å². The van der Waals surface area contributed by atoms with Crippen LogP contribution in [0.4, 0.5) is 0 Å². The van der Waals surface area contributed by atoms with Gasteiger partial charge in [0, 0.05) is 19.3 Å². The largest absolute Gasteiger partial charge is 0.462 e. The zero-order valence-electron chi connectivity index (χ0n) is 51.5. The van der Waals surface area contributed by atoms with E-state index in [2.05, 4.69) is 179 Å². The minimum absolute atomic E-state index is 0.104. The highest BCUT2D eigenvalue weighted by atomic mass is 16.6. The molecule has 450 valence electrons. The standard InChI is InChI=1S/C74H118O6/c1-4-7-10-13-16-19-22-25-27-29-31-33-35-36-37-38-40-41-43-45-47-49-52-55-58-61-64-67-73(76)79-70-71(69-78-72(75)66-63-60-57-54-51-24-21-18-15-12-9-6-3)80-74(77)68-65-62-59-56-53-50-48-46-44-42-39-34-32-30-28-26-23-20-17-14-11-8-5-2/h7-8,10-11,16-21,25-28,31-34,36-37,40-41,45,47,52,55,71H,4-6,9,12-15,22-24,29-30,35,38-39,42-44,46,48-51,53-54,56-70H2,1-3H3/b10-7-,11-8-,19-16-,20-17-,21-18-,27-25-,28-26-,33-31-,34-32-,37-36-,41-40-,47-45-,55-52-. The van der Waals surface area contributed by atoms with Gasteiger partial charge >= 0.3 is 17.9 Å². The number of ether oxygens (including phenoxy) is 3. The molecule has 0 spiro atoms. The predicted octanol–water partition coefficient (Wildman–Crippen LogP) is 22.5. The smallest absolute Gasteiger partial charge is 0.306 e. The SMILES string of the molecule is CC/C=C\C/C=C\C/C=C\C/C=C\C/C=C\C/C=C\C/C=C\C/C=C\CCCCC(=O)OCC(COC(=O)CCCCCCC/C=C\CCCCC)OC(=O)CCCCCCCCCCCC/C=C\C/C=C\C/C=C\C/C=C\CC. The first-order chi connectivity index (χ1) is 39.5. The van der Waals surface area contributed by atoms with Gasteiger partial charge in [-0.15, -0.1) is 0 Å². The third-order valence-corrected chi connectivity index (χ3v) is 13.2. The highest BCUT2D eigenvalue weighted by Gasteiger charge is 2.19. The van der Waals surface area contributed by atoms with Gasteiger partial charge in [-0.3, -0.25) is 14.4 Å². The number of carbonyl (C=O) groups excluding carboxylic acids is 3. The summed E-state index contributed by atoms with van der Waals surface area (Å²) in [5.41, 5.74) is 0. The van der Waals surface area contributed by atoms with Crippen molar-refractivity contribution in [3.05, 3.63) is 158 Å². The Morgan fingerprint density at radius 3 is 0.800 bits per heavy atom. The van der Waals surface area contributed by atoms with Crippen LogP contribution in [0.25, 0.3) is 0 Å². The summed E-state index contributed by atoms with van der Waals surface area (Å²) < 4.78 is 16.9. The van der Waals surface area contributed by atoms with E-state index in [1.807, 2.05) is 0 Å². The van der Waals surface area contributed by atoms with Crippen LogP contribution in [0.3, 0.4) is 0 Å². The molecular weight excluding hydrogens is 985 g/mol. The average Bonchev–Trinajstić information content (AvgIpc) is 3.46. The van der Waals surface area contributed by atoms with Crippen molar-refractivity contribution in [2.75, 3.05) is 13.2 Å². The van der Waals surface area contributed by atoms with Gasteiger partial charge in [0.1, 0.15) is 13.2 Å². The van der Waals surface area contributed by atoms with Gasteiger partial charge in [0.2, 0.25) is 0 Å². The average molecular weight is 1100 g/mol. The van der Waals surface area contributed by atoms with Gasteiger partial charge < -0.3 is 14.2 Å². The Morgan fingerprint density at radius 1 is 0.263 bits per heavy atom. The molecule has 6 heteroatoms. The molecule has 0 aliphatic carbocycles. The Balaban J connectivity index is 4.43. The maximum atomic E-state index is 12.9. The lowest BCUT2D eigenvalue weighted by Crippen LogP contribution is -2.30. The van der Waals surface area contributed by atoms with Gasteiger partial charge in [-0.2, -0.15) is 0 Å². The summed E-state index contributed by atoms with van der Waals surface area (Å²) in [6.45, 7) is 6.34. The van der Waals surface area contributed by atoms with E-state index < -0.39 is 6.10 Å². The van der Waals surface area contributed by atoms with E-state index in [0.29, 0.717) is 25.7 Å². The molecule has 0 aromatic carbocycles. The third kappa shape index (κ3) is 63.9. The molecule has 0 amide bonds. The summed E-state index contributed by atoms with van der Waals surface area (Å²) in [4.78, 5) is 38.3. The van der Waals surface area contributed by atoms with Crippen molar-refractivity contribution >= 4 is 17.9 Å². The van der Waals surface area contributed by atoms with Crippen molar-refractivity contribution in [3.8, 4) is 0 Å². The van der Waals surface area contributed by atoms with Crippen LogP contribution in [0.2, 0.25) is 0 Å². The maximum Gasteiger partial charge on any atom is 0.306 e. The minimum atomic E-state index is -0.810. The van der Waals surface area contributed by atoms with E-state index >= 15 is 0 Å². The van der Waals surface area contributed by atoms with Crippen LogP contribution < -0.4 is 0 Å². The molecule has 0 saturated heterocycles. The second-order valence-corrected chi connectivity index (χ2v) is 20.9. The van der Waals surface area contributed by atoms with Crippen LogP contribution in [-0.2, 0) is 28.6 Å². The zero-order valence-corrected chi connectivity index (χ0v) is 51.5. The molecule has 0 aliphatic rings. The van der Waals surface area contributed by atoms with Gasteiger partial charge in [-0.25, -0.2) is 0 Å². The monoisotopic (exact) mass is 1100 g/mol. The van der Waals surface area contributed by atoms with E-state index in [-0.39, 0.29) is 31.1 Å². The summed E-state index contributed by atoms with van der Waals surface area (Å²) in [7, 11) is 0.